The van der Waals surface area contributed by atoms with E-state index < -0.39 is 4.92 Å². The van der Waals surface area contributed by atoms with E-state index in [1.54, 1.807) is 19.1 Å². The number of aryl methyl sites for hydroxylation is 1. The lowest BCUT2D eigenvalue weighted by Crippen LogP contribution is -2.35. The van der Waals surface area contributed by atoms with Crippen LogP contribution in [-0.2, 0) is 11.2 Å². The summed E-state index contributed by atoms with van der Waals surface area (Å²) < 4.78 is 0. The second-order valence-corrected chi connectivity index (χ2v) is 6.78. The van der Waals surface area contributed by atoms with Crippen molar-refractivity contribution in [2.24, 2.45) is 0 Å². The first-order valence-corrected chi connectivity index (χ1v) is 8.79. The fourth-order valence-corrected chi connectivity index (χ4v) is 3.67. The minimum Gasteiger partial charge on any atom is -0.324 e. The molecule has 26 heavy (non-hydrogen) atoms. The average Bonchev–Trinajstić information content (AvgIpc) is 2.62. The Morgan fingerprint density at radius 1 is 1.27 bits per heavy atom. The number of carbonyl (C=O) groups is 1. The van der Waals surface area contributed by atoms with Crippen LogP contribution < -0.4 is 5.32 Å². The second-order valence-electron chi connectivity index (χ2n) is 6.78. The maximum Gasteiger partial charge on any atom is 0.274 e. The summed E-state index contributed by atoms with van der Waals surface area (Å²) in [6.07, 6.45) is 3.22. The highest BCUT2D eigenvalue weighted by Crippen LogP contribution is 2.33. The normalized spacial score (nSPS) is 16.2. The van der Waals surface area contributed by atoms with Crippen molar-refractivity contribution >= 4 is 17.3 Å². The Kier molecular flexibility index (Phi) is 5.32. The topological polar surface area (TPSA) is 75.5 Å². The maximum atomic E-state index is 12.5. The number of nitro benzene ring substituents is 1. The fraction of sp³-hybridized carbons (Fsp3) is 0.350. The molecule has 0 saturated heterocycles. The van der Waals surface area contributed by atoms with E-state index in [-0.39, 0.29) is 24.2 Å². The van der Waals surface area contributed by atoms with Gasteiger partial charge in [-0.15, -0.1) is 0 Å². The Morgan fingerprint density at radius 2 is 2.04 bits per heavy atom. The molecule has 0 aromatic heterocycles. The fourth-order valence-electron chi connectivity index (χ4n) is 3.67. The van der Waals surface area contributed by atoms with Crippen LogP contribution in [0.4, 0.5) is 11.4 Å². The Labute approximate surface area is 153 Å². The van der Waals surface area contributed by atoms with Gasteiger partial charge in [-0.2, -0.15) is 0 Å². The van der Waals surface area contributed by atoms with E-state index in [0.29, 0.717) is 11.3 Å². The highest BCUT2D eigenvalue weighted by Gasteiger charge is 2.25. The van der Waals surface area contributed by atoms with Gasteiger partial charge in [-0.1, -0.05) is 30.3 Å². The summed E-state index contributed by atoms with van der Waals surface area (Å²) in [5.41, 5.74) is 3.61. The molecule has 6 nitrogen and oxygen atoms in total. The van der Waals surface area contributed by atoms with E-state index in [2.05, 4.69) is 28.4 Å². The van der Waals surface area contributed by atoms with Gasteiger partial charge < -0.3 is 5.32 Å². The lowest BCUT2D eigenvalue weighted by atomic mass is 9.87. The summed E-state index contributed by atoms with van der Waals surface area (Å²) in [6.45, 7) is 1.88. The van der Waals surface area contributed by atoms with Gasteiger partial charge in [0.1, 0.15) is 0 Å². The molecule has 0 heterocycles. The van der Waals surface area contributed by atoms with Crippen molar-refractivity contribution in [3.8, 4) is 0 Å². The van der Waals surface area contributed by atoms with Gasteiger partial charge in [-0.25, -0.2) is 0 Å². The number of nitrogens with one attached hydrogen (secondary N) is 1. The van der Waals surface area contributed by atoms with Gasteiger partial charge in [0.15, 0.2) is 0 Å². The molecule has 0 aliphatic heterocycles. The first kappa shape index (κ1) is 18.1. The number of nitrogens with zero attached hydrogens (tertiary/aromatic N) is 2. The van der Waals surface area contributed by atoms with Gasteiger partial charge in [-0.3, -0.25) is 19.8 Å². The molecule has 2 aromatic carbocycles. The van der Waals surface area contributed by atoms with Gasteiger partial charge in [0, 0.05) is 12.1 Å². The summed E-state index contributed by atoms with van der Waals surface area (Å²) in [6, 6.07) is 13.3. The van der Waals surface area contributed by atoms with Gasteiger partial charge >= 0.3 is 0 Å². The number of likely N-dealkylation sites (N-methyl/N-ethyl adjacent to an activating group) is 1. The molecule has 1 amide bonds. The van der Waals surface area contributed by atoms with Gasteiger partial charge in [-0.05, 0) is 50.4 Å². The third-order valence-corrected chi connectivity index (χ3v) is 5.04. The minimum absolute atomic E-state index is 0.0114. The van der Waals surface area contributed by atoms with Crippen molar-refractivity contribution < 1.29 is 9.72 Å². The van der Waals surface area contributed by atoms with Crippen molar-refractivity contribution in [3.63, 3.8) is 0 Å². The number of hydrogen-bond donors (Lipinski definition) is 1. The van der Waals surface area contributed by atoms with E-state index in [4.69, 9.17) is 0 Å². The Balaban J connectivity index is 1.70. The number of rotatable bonds is 5. The molecule has 0 fully saturated rings. The average molecular weight is 353 g/mol. The highest BCUT2D eigenvalue weighted by atomic mass is 16.6. The third-order valence-electron chi connectivity index (χ3n) is 5.04. The molecule has 1 unspecified atom stereocenters. The van der Waals surface area contributed by atoms with E-state index in [1.165, 1.54) is 17.2 Å². The Bertz CT molecular complexity index is 835. The van der Waals surface area contributed by atoms with E-state index in [0.717, 1.165) is 19.3 Å². The predicted octanol–water partition coefficient (Wildman–Crippen LogP) is 3.85. The summed E-state index contributed by atoms with van der Waals surface area (Å²) in [4.78, 5) is 25.2. The van der Waals surface area contributed by atoms with Crippen LogP contribution >= 0.6 is 0 Å². The summed E-state index contributed by atoms with van der Waals surface area (Å²) >= 11 is 0. The molecule has 1 aliphatic carbocycles. The molecular formula is C20H23N3O3. The molecule has 0 saturated carbocycles. The van der Waals surface area contributed by atoms with Crippen LogP contribution in [0.3, 0.4) is 0 Å². The first-order valence-electron chi connectivity index (χ1n) is 8.79. The predicted molar refractivity (Wildman–Crippen MR) is 101 cm³/mol. The van der Waals surface area contributed by atoms with Crippen LogP contribution in [0.2, 0.25) is 0 Å². The number of benzene rings is 2. The molecule has 0 spiro atoms. The number of amides is 1. The molecule has 2 aromatic rings. The highest BCUT2D eigenvalue weighted by molar-refractivity contribution is 5.93. The quantitative estimate of drug-likeness (QED) is 0.654. The zero-order chi connectivity index (χ0) is 18.7. The molecule has 1 N–H and O–H groups in total. The van der Waals surface area contributed by atoms with E-state index in [9.17, 15) is 14.9 Å². The van der Waals surface area contributed by atoms with Gasteiger partial charge in [0.05, 0.1) is 22.7 Å². The van der Waals surface area contributed by atoms with Crippen molar-refractivity contribution in [3.05, 3.63) is 69.3 Å². The lowest BCUT2D eigenvalue weighted by Gasteiger charge is -2.32. The summed E-state index contributed by atoms with van der Waals surface area (Å²) in [5.74, 6) is -0.167. The largest absolute Gasteiger partial charge is 0.324 e. The Hall–Kier alpha value is -2.73. The Morgan fingerprint density at radius 3 is 2.81 bits per heavy atom. The molecular weight excluding hydrogens is 330 g/mol. The minimum atomic E-state index is -0.434. The molecule has 3 rings (SSSR count). The van der Waals surface area contributed by atoms with Gasteiger partial charge in [0.2, 0.25) is 5.91 Å². The monoisotopic (exact) mass is 353 g/mol. The van der Waals surface area contributed by atoms with Crippen LogP contribution in [0.5, 0.6) is 0 Å². The SMILES string of the molecule is Cc1c(NC(=O)CN(C)C2CCCc3ccccc32)cccc1[N+](=O)[O-]. The van der Waals surface area contributed by atoms with Crippen LogP contribution in [0.15, 0.2) is 42.5 Å². The van der Waals surface area contributed by atoms with Crippen molar-refractivity contribution in [1.82, 2.24) is 4.90 Å². The number of hydrogen-bond acceptors (Lipinski definition) is 4. The van der Waals surface area contributed by atoms with Crippen LogP contribution in [0, 0.1) is 17.0 Å². The summed E-state index contributed by atoms with van der Waals surface area (Å²) in [7, 11) is 1.95. The molecule has 1 atom stereocenters. The van der Waals surface area contributed by atoms with Crippen molar-refractivity contribution in [1.29, 1.82) is 0 Å². The zero-order valence-electron chi connectivity index (χ0n) is 15.1. The van der Waals surface area contributed by atoms with E-state index >= 15 is 0 Å². The summed E-state index contributed by atoms with van der Waals surface area (Å²) in [5, 5.41) is 13.9. The number of fused-ring (bicyclic) bond motifs is 1. The van der Waals surface area contributed by atoms with Gasteiger partial charge in [0.25, 0.3) is 5.69 Å². The van der Waals surface area contributed by atoms with Crippen molar-refractivity contribution in [2.75, 3.05) is 18.9 Å². The van der Waals surface area contributed by atoms with Crippen molar-refractivity contribution in [2.45, 2.75) is 32.2 Å². The first-order chi connectivity index (χ1) is 12.5. The zero-order valence-corrected chi connectivity index (χ0v) is 15.1. The molecule has 6 heteroatoms. The van der Waals surface area contributed by atoms with Crippen LogP contribution in [-0.4, -0.2) is 29.3 Å². The molecule has 1 aliphatic rings. The molecule has 0 bridgehead atoms. The second kappa shape index (κ2) is 7.66. The molecule has 0 radical (unpaired) electrons. The maximum absolute atomic E-state index is 12.5. The van der Waals surface area contributed by atoms with E-state index in [1.807, 2.05) is 13.1 Å². The molecule has 136 valence electrons. The number of anilines is 1. The third kappa shape index (κ3) is 3.75. The number of nitro groups is 1. The smallest absolute Gasteiger partial charge is 0.274 e. The van der Waals surface area contributed by atoms with Crippen LogP contribution in [0.25, 0.3) is 0 Å². The number of carbonyl (C=O) groups excluding carboxylic acids is 1. The lowest BCUT2D eigenvalue weighted by molar-refractivity contribution is -0.385. The van der Waals surface area contributed by atoms with Crippen LogP contribution in [0.1, 0.15) is 35.6 Å². The standard InChI is InChI=1S/C20H23N3O3/c1-14-17(10-6-11-18(14)23(25)26)21-20(24)13-22(2)19-12-5-8-15-7-3-4-9-16(15)19/h3-4,6-7,9-11,19H,5,8,12-13H2,1-2H3,(H,21,24).